The summed E-state index contributed by atoms with van der Waals surface area (Å²) in [4.78, 5) is 72.5. The van der Waals surface area contributed by atoms with Gasteiger partial charge in [-0.1, -0.05) is 234 Å². The second-order valence-corrected chi connectivity index (χ2v) is 26.4. The topological polar surface area (TPSA) is 237 Å². The molecule has 0 bridgehead atoms. The zero-order chi connectivity index (χ0) is 67.5. The fourth-order valence-corrected chi connectivity index (χ4v) is 10.7. The largest absolute Gasteiger partial charge is 0.472 e. The molecule has 0 heterocycles. The lowest BCUT2D eigenvalue weighted by molar-refractivity contribution is -0.161. The summed E-state index contributed by atoms with van der Waals surface area (Å²) in [7, 11) is -9.96. The molecule has 19 heteroatoms. The van der Waals surface area contributed by atoms with Crippen LogP contribution >= 0.6 is 15.6 Å². The Kier molecular flexibility index (Phi) is 62.8. The van der Waals surface area contributed by atoms with Gasteiger partial charge in [-0.05, 0) is 122 Å². The van der Waals surface area contributed by atoms with E-state index in [1.807, 2.05) is 18.2 Å². The molecule has 530 valence electrons. The molecule has 0 fully saturated rings. The highest BCUT2D eigenvalue weighted by Crippen LogP contribution is 2.45. The van der Waals surface area contributed by atoms with Gasteiger partial charge in [-0.25, -0.2) is 9.13 Å². The summed E-state index contributed by atoms with van der Waals surface area (Å²) >= 11 is 0. The van der Waals surface area contributed by atoms with Gasteiger partial charge < -0.3 is 33.8 Å². The Morgan fingerprint density at radius 1 is 0.326 bits per heavy atom. The highest BCUT2D eigenvalue weighted by molar-refractivity contribution is 7.47. The summed E-state index contributed by atoms with van der Waals surface area (Å²) in [6, 6.07) is 0. The van der Waals surface area contributed by atoms with Gasteiger partial charge in [-0.2, -0.15) is 0 Å². The lowest BCUT2D eigenvalue weighted by Gasteiger charge is -2.21. The maximum atomic E-state index is 13.0. The van der Waals surface area contributed by atoms with Crippen LogP contribution in [0.25, 0.3) is 0 Å². The Bertz CT molecular complexity index is 2130. The van der Waals surface area contributed by atoms with E-state index in [4.69, 9.17) is 37.0 Å². The summed E-state index contributed by atoms with van der Waals surface area (Å²) in [5.74, 6) is -2.35. The molecule has 0 rings (SSSR count). The molecule has 0 radical (unpaired) electrons. The molecule has 0 spiro atoms. The molecule has 0 aromatic rings. The Morgan fingerprint density at radius 2 is 0.620 bits per heavy atom. The second-order valence-electron chi connectivity index (χ2n) is 23.5. The minimum absolute atomic E-state index is 0.0651. The van der Waals surface area contributed by atoms with Crippen molar-refractivity contribution >= 4 is 39.5 Å². The Morgan fingerprint density at radius 3 is 0.989 bits per heavy atom. The van der Waals surface area contributed by atoms with Crippen LogP contribution in [0.1, 0.15) is 285 Å². The van der Waals surface area contributed by atoms with E-state index in [-0.39, 0.29) is 25.7 Å². The number of rotatable bonds is 66. The first kappa shape index (κ1) is 88.0. The third kappa shape index (κ3) is 64.7. The predicted octanol–water partition coefficient (Wildman–Crippen LogP) is 19.7. The van der Waals surface area contributed by atoms with E-state index in [0.29, 0.717) is 25.7 Å². The maximum Gasteiger partial charge on any atom is 0.472 e. The second kappa shape index (κ2) is 65.6. The minimum Gasteiger partial charge on any atom is -0.462 e. The SMILES string of the molecule is CC/C=C\C/C=C\C/C=C\C/C=C\C/C=C\CC(=O)OCC(COP(=O)(O)OCC(O)COP(=O)(O)OCC(COC(=O)CCCCCCC/C=C\CCCCCC)OC(=O)CCCCCCC/C=C\CCCC)OC(=O)CCCCCCC/C=C\CCCCCC. The minimum atomic E-state index is -4.99. The summed E-state index contributed by atoms with van der Waals surface area (Å²) in [6.07, 6.45) is 66.0. The average molecular weight is 1340 g/mol. The first-order valence-electron chi connectivity index (χ1n) is 35.5. The van der Waals surface area contributed by atoms with Gasteiger partial charge >= 0.3 is 39.5 Å². The molecular weight excluding hydrogens is 1210 g/mol. The normalized spacial score (nSPS) is 14.6. The van der Waals surface area contributed by atoms with Gasteiger partial charge in [0.05, 0.1) is 32.8 Å². The van der Waals surface area contributed by atoms with Crippen molar-refractivity contribution in [1.29, 1.82) is 0 Å². The number of aliphatic hydroxyl groups excluding tert-OH is 1. The lowest BCUT2D eigenvalue weighted by Crippen LogP contribution is -2.30. The summed E-state index contributed by atoms with van der Waals surface area (Å²) < 4.78 is 68.1. The number of hydrogen-bond donors (Lipinski definition) is 3. The van der Waals surface area contributed by atoms with Gasteiger partial charge in [-0.3, -0.25) is 37.3 Å². The number of ether oxygens (including phenoxy) is 4. The Labute approximate surface area is 557 Å². The van der Waals surface area contributed by atoms with Gasteiger partial charge in [-0.15, -0.1) is 0 Å². The quantitative estimate of drug-likeness (QED) is 0.0169. The van der Waals surface area contributed by atoms with Crippen molar-refractivity contribution in [1.82, 2.24) is 0 Å². The maximum absolute atomic E-state index is 13.0. The molecule has 0 aromatic carbocycles. The van der Waals surface area contributed by atoms with Crippen molar-refractivity contribution in [3.63, 3.8) is 0 Å². The van der Waals surface area contributed by atoms with E-state index < -0.39 is 97.5 Å². The van der Waals surface area contributed by atoms with Crippen LogP contribution in [0.2, 0.25) is 0 Å². The molecule has 0 aliphatic carbocycles. The molecule has 0 saturated carbocycles. The van der Waals surface area contributed by atoms with Gasteiger partial charge in [0.1, 0.15) is 19.3 Å². The number of carbonyl (C=O) groups is 4. The fraction of sp³-hybridized carbons (Fsp3) is 0.726. The van der Waals surface area contributed by atoms with E-state index in [0.717, 1.165) is 141 Å². The zero-order valence-electron chi connectivity index (χ0n) is 57.4. The Balaban J connectivity index is 5.40. The highest BCUT2D eigenvalue weighted by Gasteiger charge is 2.30. The van der Waals surface area contributed by atoms with E-state index in [1.54, 1.807) is 6.08 Å². The van der Waals surface area contributed by atoms with Crippen molar-refractivity contribution in [3.05, 3.63) is 97.2 Å². The number of hydrogen-bond acceptors (Lipinski definition) is 15. The van der Waals surface area contributed by atoms with Crippen molar-refractivity contribution in [2.45, 2.75) is 303 Å². The molecule has 0 aliphatic heterocycles. The zero-order valence-corrected chi connectivity index (χ0v) is 59.2. The first-order valence-corrected chi connectivity index (χ1v) is 38.5. The number of carbonyl (C=O) groups excluding carboxylic acids is 4. The number of phosphoric ester groups is 2. The number of aliphatic hydroxyl groups is 1. The van der Waals surface area contributed by atoms with Gasteiger partial charge in [0, 0.05) is 19.3 Å². The Hall–Kier alpha value is -4.02. The molecule has 0 amide bonds. The molecule has 3 N–H and O–H groups in total. The molecular formula is C73H126O17P2. The fourth-order valence-electron chi connectivity index (χ4n) is 9.09. The average Bonchev–Trinajstić information content (AvgIpc) is 2.73. The molecule has 5 unspecified atom stereocenters. The molecule has 0 aliphatic rings. The van der Waals surface area contributed by atoms with Crippen molar-refractivity contribution < 1.29 is 80.2 Å². The number of esters is 4. The third-order valence-electron chi connectivity index (χ3n) is 14.5. The van der Waals surface area contributed by atoms with E-state index >= 15 is 0 Å². The van der Waals surface area contributed by atoms with Crippen molar-refractivity contribution in [3.8, 4) is 0 Å². The van der Waals surface area contributed by atoms with Crippen LogP contribution in [0.3, 0.4) is 0 Å². The molecule has 5 atom stereocenters. The predicted molar refractivity (Wildman–Crippen MR) is 372 cm³/mol. The summed E-state index contributed by atoms with van der Waals surface area (Å²) in [5.41, 5.74) is 0. The van der Waals surface area contributed by atoms with Crippen LogP contribution in [0.5, 0.6) is 0 Å². The van der Waals surface area contributed by atoms with Crippen LogP contribution in [0, 0.1) is 0 Å². The van der Waals surface area contributed by atoms with Crippen LogP contribution in [-0.2, 0) is 65.4 Å². The van der Waals surface area contributed by atoms with E-state index in [9.17, 15) is 43.2 Å². The molecule has 0 saturated heterocycles. The summed E-state index contributed by atoms with van der Waals surface area (Å²) in [6.45, 7) is 4.53. The smallest absolute Gasteiger partial charge is 0.462 e. The van der Waals surface area contributed by atoms with Crippen molar-refractivity contribution in [2.24, 2.45) is 0 Å². The summed E-state index contributed by atoms with van der Waals surface area (Å²) in [5, 5.41) is 10.6. The van der Waals surface area contributed by atoms with Crippen LogP contribution in [0.15, 0.2) is 97.2 Å². The van der Waals surface area contributed by atoms with Crippen LogP contribution in [-0.4, -0.2) is 96.7 Å². The van der Waals surface area contributed by atoms with Crippen molar-refractivity contribution in [2.75, 3.05) is 39.6 Å². The standard InChI is InChI=1S/C73H126O17P2/c1-5-9-13-17-21-25-29-32-33-36-39-42-46-50-54-58-71(76)84-64-69(90-73(78)60-56-52-48-44-40-35-31-27-23-19-15-11-7-3)66-88-92(81,82)86-62-67(74)61-85-91(79,80)87-65-68(89-72(77)59-55-51-47-43-37-28-24-20-16-12-8-4)63-83-70(75)57-53-49-45-41-38-34-30-26-22-18-14-10-6-2/h9,13,20-21,24-27,30-33,39,42,50,54,67-69,74H,5-8,10-12,14-19,22-23,28-29,34-38,40-41,43-49,51-53,55-66H2,1-4H3,(H,79,80)(H,81,82)/b13-9-,24-20-,25-21-,30-26-,31-27-,33-32-,42-39-,54-50-. The van der Waals surface area contributed by atoms with Gasteiger partial charge in [0.25, 0.3) is 0 Å². The number of allylic oxidation sites excluding steroid dienone is 15. The monoisotopic (exact) mass is 1340 g/mol. The van der Waals surface area contributed by atoms with Gasteiger partial charge in [0.15, 0.2) is 12.2 Å². The van der Waals surface area contributed by atoms with Crippen LogP contribution < -0.4 is 0 Å². The molecule has 92 heavy (non-hydrogen) atoms. The van der Waals surface area contributed by atoms with E-state index in [1.165, 1.54) is 64.2 Å². The molecule has 17 nitrogen and oxygen atoms in total. The molecule has 0 aromatic heterocycles. The highest BCUT2D eigenvalue weighted by atomic mass is 31.2. The first-order chi connectivity index (χ1) is 44.7. The number of phosphoric acid groups is 2. The van der Waals surface area contributed by atoms with Crippen LogP contribution in [0.4, 0.5) is 0 Å². The van der Waals surface area contributed by atoms with Gasteiger partial charge in [0.2, 0.25) is 0 Å². The lowest BCUT2D eigenvalue weighted by atomic mass is 10.1. The third-order valence-corrected chi connectivity index (χ3v) is 16.4. The van der Waals surface area contributed by atoms with E-state index in [2.05, 4.69) is 101 Å². The number of unbranched alkanes of at least 4 members (excludes halogenated alkanes) is 25.